The van der Waals surface area contributed by atoms with Gasteiger partial charge in [0.2, 0.25) is 5.88 Å². The summed E-state index contributed by atoms with van der Waals surface area (Å²) in [4.78, 5) is 10.6. The predicted octanol–water partition coefficient (Wildman–Crippen LogP) is 1.70. The second-order valence-electron chi connectivity index (χ2n) is 3.94. The Morgan fingerprint density at radius 3 is 2.78 bits per heavy atom. The van der Waals surface area contributed by atoms with Crippen LogP contribution in [0.25, 0.3) is 0 Å². The van der Waals surface area contributed by atoms with Gasteiger partial charge in [-0.2, -0.15) is 4.98 Å². The van der Waals surface area contributed by atoms with Crippen molar-refractivity contribution >= 4 is 11.5 Å². The van der Waals surface area contributed by atoms with Gasteiger partial charge in [-0.05, 0) is 18.2 Å². The molecule has 0 aromatic carbocycles. The Morgan fingerprint density at radius 2 is 2.11 bits per heavy atom. The fourth-order valence-corrected chi connectivity index (χ4v) is 1.67. The third-order valence-corrected chi connectivity index (χ3v) is 2.58. The molecule has 0 atom stereocenters. The topological polar surface area (TPSA) is 64.3 Å². The second-order valence-corrected chi connectivity index (χ2v) is 3.94. The smallest absolute Gasteiger partial charge is 0.215 e. The minimum Gasteiger partial charge on any atom is -0.481 e. The van der Waals surface area contributed by atoms with Gasteiger partial charge >= 0.3 is 0 Å². The van der Waals surface area contributed by atoms with E-state index >= 15 is 0 Å². The summed E-state index contributed by atoms with van der Waals surface area (Å²) in [7, 11) is 3.51. The first-order chi connectivity index (χ1) is 8.70. The van der Waals surface area contributed by atoms with E-state index in [4.69, 9.17) is 10.5 Å². The highest BCUT2D eigenvalue weighted by atomic mass is 16.5. The summed E-state index contributed by atoms with van der Waals surface area (Å²) in [5, 5.41) is 0. The zero-order valence-electron chi connectivity index (χ0n) is 10.5. The highest BCUT2D eigenvalue weighted by Crippen LogP contribution is 2.23. The van der Waals surface area contributed by atoms with Crippen LogP contribution in [0.4, 0.5) is 11.5 Å². The van der Waals surface area contributed by atoms with Crippen molar-refractivity contribution in [3.8, 4) is 5.88 Å². The summed E-state index contributed by atoms with van der Waals surface area (Å²) in [5.74, 6) is 1.24. The summed E-state index contributed by atoms with van der Waals surface area (Å²) in [6.07, 6.45) is 1.77. The van der Waals surface area contributed by atoms with Crippen LogP contribution in [0.5, 0.6) is 5.88 Å². The summed E-state index contributed by atoms with van der Waals surface area (Å²) >= 11 is 0. The molecule has 5 nitrogen and oxygen atoms in total. The van der Waals surface area contributed by atoms with Crippen molar-refractivity contribution in [2.75, 3.05) is 24.8 Å². The van der Waals surface area contributed by atoms with Crippen LogP contribution in [-0.4, -0.2) is 24.1 Å². The normalized spacial score (nSPS) is 10.1. The number of hydrogen-bond donors (Lipinski definition) is 1. The van der Waals surface area contributed by atoms with Gasteiger partial charge in [0.25, 0.3) is 0 Å². The largest absolute Gasteiger partial charge is 0.481 e. The van der Waals surface area contributed by atoms with Crippen LogP contribution in [0.15, 0.2) is 36.5 Å². The molecule has 0 radical (unpaired) electrons. The molecule has 0 unspecified atom stereocenters. The van der Waals surface area contributed by atoms with Crippen LogP contribution in [-0.2, 0) is 6.54 Å². The molecule has 2 N–H and O–H groups in total. The van der Waals surface area contributed by atoms with E-state index in [1.54, 1.807) is 25.4 Å². The molecule has 0 aliphatic rings. The highest BCUT2D eigenvalue weighted by molar-refractivity contribution is 5.63. The Balaban J connectivity index is 2.20. The molecule has 2 heterocycles. The standard InChI is InChI=1S/C13H16N4O/c1-17(9-10-5-3-4-8-15-10)13-11(14)6-7-12(16-13)18-2/h3-8H,9,14H2,1-2H3. The number of nitrogen functional groups attached to an aromatic ring is 1. The van der Waals surface area contributed by atoms with Crippen molar-refractivity contribution < 1.29 is 4.74 Å². The Hall–Kier alpha value is -2.30. The molecule has 94 valence electrons. The number of aromatic nitrogens is 2. The molecule has 0 fully saturated rings. The first-order valence-electron chi connectivity index (χ1n) is 5.62. The number of rotatable bonds is 4. The predicted molar refractivity (Wildman–Crippen MR) is 71.5 cm³/mol. The zero-order chi connectivity index (χ0) is 13.0. The molecule has 2 aromatic rings. The SMILES string of the molecule is COc1ccc(N)c(N(C)Cc2ccccn2)n1. The lowest BCUT2D eigenvalue weighted by molar-refractivity contribution is 0.398. The average molecular weight is 244 g/mol. The van der Waals surface area contributed by atoms with Gasteiger partial charge in [0.15, 0.2) is 5.82 Å². The fraction of sp³-hybridized carbons (Fsp3) is 0.231. The third kappa shape index (κ3) is 2.68. The molecule has 0 spiro atoms. The van der Waals surface area contributed by atoms with Gasteiger partial charge in [-0.25, -0.2) is 0 Å². The van der Waals surface area contributed by atoms with Crippen molar-refractivity contribution in [2.45, 2.75) is 6.54 Å². The number of methoxy groups -OCH3 is 1. The van der Waals surface area contributed by atoms with Crippen LogP contribution in [0.3, 0.4) is 0 Å². The lowest BCUT2D eigenvalue weighted by Crippen LogP contribution is -2.20. The fourth-order valence-electron chi connectivity index (χ4n) is 1.67. The van der Waals surface area contributed by atoms with E-state index in [1.807, 2.05) is 30.1 Å². The van der Waals surface area contributed by atoms with Crippen LogP contribution in [0, 0.1) is 0 Å². The Bertz CT molecular complexity index is 516. The Kier molecular flexibility index (Phi) is 3.62. The van der Waals surface area contributed by atoms with E-state index in [2.05, 4.69) is 9.97 Å². The van der Waals surface area contributed by atoms with Gasteiger partial charge in [-0.1, -0.05) is 6.07 Å². The van der Waals surface area contributed by atoms with Crippen LogP contribution < -0.4 is 15.4 Å². The van der Waals surface area contributed by atoms with E-state index in [0.717, 1.165) is 5.69 Å². The molecule has 0 saturated carbocycles. The lowest BCUT2D eigenvalue weighted by atomic mass is 10.3. The number of pyridine rings is 2. The van der Waals surface area contributed by atoms with Crippen molar-refractivity contribution in [3.05, 3.63) is 42.2 Å². The highest BCUT2D eigenvalue weighted by Gasteiger charge is 2.09. The molecular weight excluding hydrogens is 228 g/mol. The maximum atomic E-state index is 5.92. The summed E-state index contributed by atoms with van der Waals surface area (Å²) in [6.45, 7) is 0.644. The molecule has 0 amide bonds. The van der Waals surface area contributed by atoms with Crippen LogP contribution in [0.2, 0.25) is 0 Å². The number of nitrogens with two attached hydrogens (primary N) is 1. The number of anilines is 2. The summed E-state index contributed by atoms with van der Waals surface area (Å²) in [6, 6.07) is 9.34. The van der Waals surface area contributed by atoms with E-state index < -0.39 is 0 Å². The van der Waals surface area contributed by atoms with Crippen molar-refractivity contribution in [1.29, 1.82) is 0 Å². The molecule has 0 bridgehead atoms. The minimum atomic E-state index is 0.548. The summed E-state index contributed by atoms with van der Waals surface area (Å²) in [5.41, 5.74) is 7.50. The maximum absolute atomic E-state index is 5.92. The Morgan fingerprint density at radius 1 is 1.28 bits per heavy atom. The Labute approximate surface area is 106 Å². The van der Waals surface area contributed by atoms with Crippen LogP contribution >= 0.6 is 0 Å². The molecule has 18 heavy (non-hydrogen) atoms. The molecular formula is C13H16N4O. The van der Waals surface area contributed by atoms with Gasteiger partial charge in [-0.3, -0.25) is 4.98 Å². The second kappa shape index (κ2) is 5.35. The quantitative estimate of drug-likeness (QED) is 0.886. The van der Waals surface area contributed by atoms with Gasteiger partial charge in [-0.15, -0.1) is 0 Å². The third-order valence-electron chi connectivity index (χ3n) is 2.58. The van der Waals surface area contributed by atoms with E-state index in [9.17, 15) is 0 Å². The molecule has 0 saturated heterocycles. The molecule has 2 rings (SSSR count). The van der Waals surface area contributed by atoms with Crippen molar-refractivity contribution in [3.63, 3.8) is 0 Å². The summed E-state index contributed by atoms with van der Waals surface area (Å²) < 4.78 is 5.10. The molecule has 5 heteroatoms. The van der Waals surface area contributed by atoms with Crippen molar-refractivity contribution in [1.82, 2.24) is 9.97 Å². The maximum Gasteiger partial charge on any atom is 0.215 e. The lowest BCUT2D eigenvalue weighted by Gasteiger charge is -2.19. The van der Waals surface area contributed by atoms with E-state index in [0.29, 0.717) is 23.9 Å². The minimum absolute atomic E-state index is 0.548. The first-order valence-corrected chi connectivity index (χ1v) is 5.62. The van der Waals surface area contributed by atoms with Crippen molar-refractivity contribution in [2.24, 2.45) is 0 Å². The number of ether oxygens (including phenoxy) is 1. The van der Waals surface area contributed by atoms with Gasteiger partial charge in [0.1, 0.15) is 0 Å². The zero-order valence-corrected chi connectivity index (χ0v) is 10.5. The van der Waals surface area contributed by atoms with E-state index in [1.165, 1.54) is 0 Å². The van der Waals surface area contributed by atoms with Gasteiger partial charge in [0, 0.05) is 19.3 Å². The first kappa shape index (κ1) is 12.2. The molecule has 0 aliphatic heterocycles. The number of nitrogens with zero attached hydrogens (tertiary/aromatic N) is 3. The molecule has 0 aliphatic carbocycles. The average Bonchev–Trinajstić information content (AvgIpc) is 2.40. The van der Waals surface area contributed by atoms with Gasteiger partial charge < -0.3 is 15.4 Å². The van der Waals surface area contributed by atoms with Gasteiger partial charge in [0.05, 0.1) is 25.0 Å². The van der Waals surface area contributed by atoms with E-state index in [-0.39, 0.29) is 0 Å². The monoisotopic (exact) mass is 244 g/mol. The van der Waals surface area contributed by atoms with Crippen LogP contribution in [0.1, 0.15) is 5.69 Å². The number of hydrogen-bond acceptors (Lipinski definition) is 5. The molecule has 2 aromatic heterocycles.